The highest BCUT2D eigenvalue weighted by molar-refractivity contribution is 6.33. The molecule has 1 amide bonds. The van der Waals surface area contributed by atoms with E-state index >= 15 is 0 Å². The molecule has 2 aromatic carbocycles. The molecule has 0 aliphatic carbocycles. The number of carboxylic acid groups (broad SMARTS) is 1. The monoisotopic (exact) mass is 436 g/mol. The quantitative estimate of drug-likeness (QED) is 0.407. The Hall–Kier alpha value is -4.02. The van der Waals surface area contributed by atoms with Crippen LogP contribution in [-0.2, 0) is 4.79 Å². The van der Waals surface area contributed by atoms with Crippen LogP contribution in [0.25, 0.3) is 17.4 Å². The molecular weight excluding hydrogens is 420 g/mol. The molecule has 0 atom stereocenters. The molecule has 1 heterocycles. The van der Waals surface area contributed by atoms with Gasteiger partial charge >= 0.3 is 5.97 Å². The predicted octanol–water partition coefficient (Wildman–Crippen LogP) is 5.16. The van der Waals surface area contributed by atoms with Crippen molar-refractivity contribution in [3.63, 3.8) is 0 Å². The fraction of sp³-hybridized carbons (Fsp3) is 0.0870. The Morgan fingerprint density at radius 3 is 2.61 bits per heavy atom. The standard InChI is InChI=1S/C23H17ClN2O5/c1-13-3-7-21(30-2)19(9-13)26-22(27)15(12-25)10-16-5-8-20(31-16)14-4-6-17(23(28)29)18(24)11-14/h3-11H,1-2H3,(H,26,27)(H,28,29)/b15-10+. The molecule has 3 rings (SSSR count). The van der Waals surface area contributed by atoms with Crippen LogP contribution in [0.15, 0.2) is 58.5 Å². The maximum atomic E-state index is 12.6. The number of nitriles is 1. The second-order valence-electron chi connectivity index (χ2n) is 6.53. The number of furan rings is 1. The zero-order valence-electron chi connectivity index (χ0n) is 16.6. The lowest BCUT2D eigenvalue weighted by molar-refractivity contribution is -0.112. The number of carbonyl (C=O) groups excluding carboxylic acids is 1. The van der Waals surface area contributed by atoms with Crippen molar-refractivity contribution in [3.8, 4) is 23.1 Å². The third-order valence-electron chi connectivity index (χ3n) is 4.37. The van der Waals surface area contributed by atoms with Gasteiger partial charge in [0.2, 0.25) is 0 Å². The van der Waals surface area contributed by atoms with Crippen molar-refractivity contribution in [3.05, 3.63) is 76.0 Å². The summed E-state index contributed by atoms with van der Waals surface area (Å²) in [6, 6.07) is 14.8. The van der Waals surface area contributed by atoms with Gasteiger partial charge in [-0.1, -0.05) is 23.7 Å². The minimum atomic E-state index is -1.13. The number of hydrogen-bond acceptors (Lipinski definition) is 5. The van der Waals surface area contributed by atoms with Crippen LogP contribution in [0.4, 0.5) is 5.69 Å². The summed E-state index contributed by atoms with van der Waals surface area (Å²) in [5.41, 5.74) is 1.74. The molecule has 0 spiro atoms. The van der Waals surface area contributed by atoms with E-state index in [0.29, 0.717) is 22.8 Å². The lowest BCUT2D eigenvalue weighted by atomic mass is 10.1. The lowest BCUT2D eigenvalue weighted by Gasteiger charge is -2.10. The summed E-state index contributed by atoms with van der Waals surface area (Å²) < 4.78 is 10.9. The number of nitrogens with zero attached hydrogens (tertiary/aromatic N) is 1. The van der Waals surface area contributed by atoms with E-state index in [1.807, 2.05) is 19.1 Å². The molecule has 31 heavy (non-hydrogen) atoms. The molecule has 0 aliphatic rings. The van der Waals surface area contributed by atoms with Crippen molar-refractivity contribution >= 4 is 35.2 Å². The van der Waals surface area contributed by atoms with Crippen molar-refractivity contribution in [1.29, 1.82) is 5.26 Å². The number of halogens is 1. The number of hydrogen-bond donors (Lipinski definition) is 2. The maximum Gasteiger partial charge on any atom is 0.337 e. The minimum absolute atomic E-state index is 0.0212. The highest BCUT2D eigenvalue weighted by atomic mass is 35.5. The van der Waals surface area contributed by atoms with Gasteiger partial charge in [0.15, 0.2) is 0 Å². The van der Waals surface area contributed by atoms with Gasteiger partial charge in [-0.2, -0.15) is 5.26 Å². The summed E-state index contributed by atoms with van der Waals surface area (Å²) in [7, 11) is 1.49. The van der Waals surface area contributed by atoms with E-state index in [4.69, 9.17) is 25.9 Å². The van der Waals surface area contributed by atoms with Crippen LogP contribution in [0.3, 0.4) is 0 Å². The lowest BCUT2D eigenvalue weighted by Crippen LogP contribution is -2.14. The Labute approximate surface area is 183 Å². The number of aryl methyl sites for hydroxylation is 1. The van der Waals surface area contributed by atoms with E-state index in [2.05, 4.69) is 5.32 Å². The number of aromatic carboxylic acids is 1. The SMILES string of the molecule is COc1ccc(C)cc1NC(=O)/C(C#N)=C/c1ccc(-c2ccc(C(=O)O)c(Cl)c2)o1. The highest BCUT2D eigenvalue weighted by Gasteiger charge is 2.15. The Morgan fingerprint density at radius 1 is 1.19 bits per heavy atom. The summed E-state index contributed by atoms with van der Waals surface area (Å²) in [5, 5.41) is 21.2. The molecule has 0 aliphatic heterocycles. The summed E-state index contributed by atoms with van der Waals surface area (Å²) in [4.78, 5) is 23.7. The third-order valence-corrected chi connectivity index (χ3v) is 4.68. The van der Waals surface area contributed by atoms with E-state index in [9.17, 15) is 14.9 Å². The van der Waals surface area contributed by atoms with Crippen LogP contribution in [0, 0.1) is 18.3 Å². The van der Waals surface area contributed by atoms with Gasteiger partial charge in [-0.3, -0.25) is 4.79 Å². The Morgan fingerprint density at radius 2 is 1.97 bits per heavy atom. The second kappa shape index (κ2) is 9.20. The van der Waals surface area contributed by atoms with Gasteiger partial charge in [0.1, 0.15) is 28.9 Å². The van der Waals surface area contributed by atoms with Gasteiger partial charge in [0, 0.05) is 11.6 Å². The fourth-order valence-corrected chi connectivity index (χ4v) is 3.09. The first-order chi connectivity index (χ1) is 14.8. The number of nitrogens with one attached hydrogen (secondary N) is 1. The van der Waals surface area contributed by atoms with Crippen molar-refractivity contribution in [2.24, 2.45) is 0 Å². The van der Waals surface area contributed by atoms with Gasteiger partial charge in [-0.15, -0.1) is 0 Å². The smallest absolute Gasteiger partial charge is 0.337 e. The number of carbonyl (C=O) groups is 2. The minimum Gasteiger partial charge on any atom is -0.495 e. The summed E-state index contributed by atoms with van der Waals surface area (Å²) >= 11 is 6.00. The topological polar surface area (TPSA) is 113 Å². The number of amides is 1. The number of rotatable bonds is 6. The van der Waals surface area contributed by atoms with Gasteiger partial charge in [-0.05, 0) is 48.9 Å². The first kappa shape index (κ1) is 21.7. The van der Waals surface area contributed by atoms with Gasteiger partial charge in [0.25, 0.3) is 5.91 Å². The molecule has 0 saturated carbocycles. The molecule has 0 fully saturated rings. The molecule has 7 nitrogen and oxygen atoms in total. The molecule has 0 unspecified atom stereocenters. The molecule has 1 aromatic heterocycles. The Kier molecular flexibility index (Phi) is 6.43. The molecule has 2 N–H and O–H groups in total. The Balaban J connectivity index is 1.84. The fourth-order valence-electron chi connectivity index (χ4n) is 2.83. The molecular formula is C23H17ClN2O5. The van der Waals surface area contributed by atoms with Crippen LogP contribution in [-0.4, -0.2) is 24.1 Å². The molecule has 0 radical (unpaired) electrons. The predicted molar refractivity (Wildman–Crippen MR) is 116 cm³/mol. The first-order valence-electron chi connectivity index (χ1n) is 9.03. The van der Waals surface area contributed by atoms with Gasteiger partial charge < -0.3 is 19.6 Å². The van der Waals surface area contributed by atoms with E-state index in [-0.39, 0.29) is 21.9 Å². The molecule has 0 bridgehead atoms. The molecule has 8 heteroatoms. The Bertz CT molecular complexity index is 1240. The van der Waals surface area contributed by atoms with E-state index in [0.717, 1.165) is 5.56 Å². The summed E-state index contributed by atoms with van der Waals surface area (Å²) in [6.07, 6.45) is 1.31. The van der Waals surface area contributed by atoms with Crippen molar-refractivity contribution in [1.82, 2.24) is 0 Å². The number of carboxylic acids is 1. The number of benzene rings is 2. The number of ether oxygens (including phenoxy) is 1. The zero-order chi connectivity index (χ0) is 22.5. The highest BCUT2D eigenvalue weighted by Crippen LogP contribution is 2.29. The van der Waals surface area contributed by atoms with Crippen LogP contribution in [0.1, 0.15) is 21.7 Å². The number of anilines is 1. The van der Waals surface area contributed by atoms with Crippen molar-refractivity contribution in [2.45, 2.75) is 6.92 Å². The third kappa shape index (κ3) is 4.94. The van der Waals surface area contributed by atoms with E-state index in [1.165, 1.54) is 25.3 Å². The van der Waals surface area contributed by atoms with Crippen LogP contribution in [0.2, 0.25) is 5.02 Å². The largest absolute Gasteiger partial charge is 0.495 e. The zero-order valence-corrected chi connectivity index (χ0v) is 17.4. The summed E-state index contributed by atoms with van der Waals surface area (Å²) in [5.74, 6) is -0.592. The van der Waals surface area contributed by atoms with Crippen LogP contribution < -0.4 is 10.1 Å². The van der Waals surface area contributed by atoms with E-state index < -0.39 is 11.9 Å². The van der Waals surface area contributed by atoms with Gasteiger partial charge in [-0.25, -0.2) is 4.79 Å². The summed E-state index contributed by atoms with van der Waals surface area (Å²) in [6.45, 7) is 1.87. The normalized spacial score (nSPS) is 11.0. The average molecular weight is 437 g/mol. The first-order valence-corrected chi connectivity index (χ1v) is 9.41. The van der Waals surface area contributed by atoms with Crippen molar-refractivity contribution < 1.29 is 23.8 Å². The average Bonchev–Trinajstić information content (AvgIpc) is 3.20. The van der Waals surface area contributed by atoms with Crippen molar-refractivity contribution in [2.75, 3.05) is 12.4 Å². The number of methoxy groups -OCH3 is 1. The molecule has 3 aromatic rings. The molecule has 0 saturated heterocycles. The van der Waals surface area contributed by atoms with E-state index in [1.54, 1.807) is 30.3 Å². The second-order valence-corrected chi connectivity index (χ2v) is 6.94. The maximum absolute atomic E-state index is 12.6. The molecule has 156 valence electrons. The van der Waals surface area contributed by atoms with Crippen LogP contribution in [0.5, 0.6) is 5.75 Å². The van der Waals surface area contributed by atoms with Crippen LogP contribution >= 0.6 is 11.6 Å². The van der Waals surface area contributed by atoms with Gasteiger partial charge in [0.05, 0.1) is 23.4 Å².